The number of hydrogen-bond acceptors (Lipinski definition) is 0. The van der Waals surface area contributed by atoms with Crippen LogP contribution < -0.4 is 0 Å². The molecule has 0 N–H and O–H groups in total. The Hall–Kier alpha value is -6.18. The van der Waals surface area contributed by atoms with Gasteiger partial charge >= 0.3 is 0 Å². The van der Waals surface area contributed by atoms with E-state index in [1.165, 1.54) is 92.7 Å². The van der Waals surface area contributed by atoms with Crippen molar-refractivity contribution in [3.8, 4) is 27.9 Å². The van der Waals surface area contributed by atoms with Gasteiger partial charge in [0.25, 0.3) is 0 Å². The van der Waals surface area contributed by atoms with Gasteiger partial charge in [0.15, 0.2) is 0 Å². The quantitative estimate of drug-likeness (QED) is 0.176. The molecule has 9 aromatic carbocycles. The number of aryl methyl sites for hydroxylation is 1. The minimum atomic E-state index is 1.16. The Morgan fingerprint density at radius 1 is 0.333 bits per heavy atom. The molecule has 0 fully saturated rings. The van der Waals surface area contributed by atoms with E-state index in [9.17, 15) is 0 Å². The van der Waals surface area contributed by atoms with E-state index >= 15 is 0 Å². The molecule has 10 rings (SSSR count). The second kappa shape index (κ2) is 10.4. The van der Waals surface area contributed by atoms with Gasteiger partial charge in [-0.1, -0.05) is 151 Å². The largest absolute Gasteiger partial charge is 0.309 e. The van der Waals surface area contributed by atoms with Crippen LogP contribution in [0.15, 0.2) is 170 Å². The molecular formula is C47H31N. The van der Waals surface area contributed by atoms with Gasteiger partial charge in [0, 0.05) is 16.5 Å². The average Bonchev–Trinajstić information content (AvgIpc) is 3.50. The van der Waals surface area contributed by atoms with Crippen LogP contribution in [0.2, 0.25) is 0 Å². The minimum absolute atomic E-state index is 1.16. The van der Waals surface area contributed by atoms with E-state index in [1.54, 1.807) is 0 Å². The number of aromatic nitrogens is 1. The summed E-state index contributed by atoms with van der Waals surface area (Å²) in [5.41, 5.74) is 9.94. The van der Waals surface area contributed by atoms with Gasteiger partial charge in [0.1, 0.15) is 0 Å². The predicted molar refractivity (Wildman–Crippen MR) is 206 cm³/mol. The second-order valence-electron chi connectivity index (χ2n) is 13.0. The molecule has 0 spiro atoms. The van der Waals surface area contributed by atoms with Crippen molar-refractivity contribution in [2.24, 2.45) is 0 Å². The molecule has 0 aliphatic rings. The molecule has 224 valence electrons. The maximum atomic E-state index is 2.45. The smallest absolute Gasteiger partial charge is 0.0547 e. The van der Waals surface area contributed by atoms with Crippen LogP contribution in [-0.4, -0.2) is 4.57 Å². The van der Waals surface area contributed by atoms with Gasteiger partial charge in [-0.15, -0.1) is 0 Å². The first-order valence-electron chi connectivity index (χ1n) is 16.7. The van der Waals surface area contributed by atoms with Crippen molar-refractivity contribution >= 4 is 64.9 Å². The number of fused-ring (bicyclic) bond motifs is 9. The summed E-state index contributed by atoms with van der Waals surface area (Å²) >= 11 is 0. The normalized spacial score (nSPS) is 11.9. The molecule has 0 atom stereocenters. The fourth-order valence-corrected chi connectivity index (χ4v) is 8.07. The van der Waals surface area contributed by atoms with Crippen molar-refractivity contribution in [3.63, 3.8) is 0 Å². The first kappa shape index (κ1) is 27.0. The highest BCUT2D eigenvalue weighted by molar-refractivity contribution is 6.28. The Morgan fingerprint density at radius 3 is 1.15 bits per heavy atom. The summed E-state index contributed by atoms with van der Waals surface area (Å²) in [6, 6.07) is 62.6. The highest BCUT2D eigenvalue weighted by atomic mass is 15.0. The molecule has 10 aromatic rings. The van der Waals surface area contributed by atoms with Gasteiger partial charge in [0.05, 0.1) is 11.0 Å². The van der Waals surface area contributed by atoms with Gasteiger partial charge in [-0.25, -0.2) is 0 Å². The van der Waals surface area contributed by atoms with Crippen molar-refractivity contribution in [1.29, 1.82) is 0 Å². The SMILES string of the molecule is Cc1ccc(-c2c3ccccc3c(-c3ccc(-n4c5ccc6ccccc6c5c5c6ccccc6ccc54)cc3)c3ccccc23)cc1. The van der Waals surface area contributed by atoms with E-state index in [0.29, 0.717) is 0 Å². The summed E-state index contributed by atoms with van der Waals surface area (Å²) in [4.78, 5) is 0. The summed E-state index contributed by atoms with van der Waals surface area (Å²) in [6.45, 7) is 2.15. The Morgan fingerprint density at radius 2 is 0.708 bits per heavy atom. The molecule has 0 saturated carbocycles. The molecule has 0 radical (unpaired) electrons. The van der Waals surface area contributed by atoms with E-state index in [-0.39, 0.29) is 0 Å². The number of benzene rings is 9. The van der Waals surface area contributed by atoms with E-state index in [2.05, 4.69) is 181 Å². The van der Waals surface area contributed by atoms with Crippen LogP contribution in [-0.2, 0) is 0 Å². The third kappa shape index (κ3) is 3.91. The first-order valence-corrected chi connectivity index (χ1v) is 16.7. The van der Waals surface area contributed by atoms with Crippen LogP contribution in [0.3, 0.4) is 0 Å². The molecule has 0 aliphatic heterocycles. The Labute approximate surface area is 278 Å². The zero-order valence-corrected chi connectivity index (χ0v) is 26.6. The summed E-state index contributed by atoms with van der Waals surface area (Å²) in [6.07, 6.45) is 0. The molecule has 1 nitrogen and oxygen atoms in total. The van der Waals surface area contributed by atoms with E-state index in [1.807, 2.05) is 0 Å². The lowest BCUT2D eigenvalue weighted by atomic mass is 9.86. The van der Waals surface area contributed by atoms with Crippen LogP contribution in [0.5, 0.6) is 0 Å². The molecule has 0 amide bonds. The topological polar surface area (TPSA) is 4.93 Å². The van der Waals surface area contributed by atoms with Gasteiger partial charge in [-0.3, -0.25) is 0 Å². The van der Waals surface area contributed by atoms with Crippen LogP contribution in [0.4, 0.5) is 0 Å². The molecule has 0 saturated heterocycles. The van der Waals surface area contributed by atoms with Crippen LogP contribution in [0.25, 0.3) is 92.8 Å². The zero-order valence-electron chi connectivity index (χ0n) is 26.6. The highest BCUT2D eigenvalue weighted by Gasteiger charge is 2.19. The molecule has 1 aromatic heterocycles. The first-order chi connectivity index (χ1) is 23.7. The molecular weight excluding hydrogens is 579 g/mol. The summed E-state index contributed by atoms with van der Waals surface area (Å²) < 4.78 is 2.45. The molecule has 0 bridgehead atoms. The zero-order chi connectivity index (χ0) is 31.8. The van der Waals surface area contributed by atoms with Gasteiger partial charge in [0.2, 0.25) is 0 Å². The third-order valence-electron chi connectivity index (χ3n) is 10.2. The molecule has 1 heteroatoms. The fraction of sp³-hybridized carbons (Fsp3) is 0.0213. The number of rotatable bonds is 3. The molecule has 0 aliphatic carbocycles. The Kier molecular flexibility index (Phi) is 5.86. The monoisotopic (exact) mass is 609 g/mol. The minimum Gasteiger partial charge on any atom is -0.309 e. The average molecular weight is 610 g/mol. The van der Waals surface area contributed by atoms with Crippen molar-refractivity contribution < 1.29 is 0 Å². The number of nitrogens with zero attached hydrogens (tertiary/aromatic N) is 1. The van der Waals surface area contributed by atoms with Crippen molar-refractivity contribution in [2.75, 3.05) is 0 Å². The summed E-state index contributed by atoms with van der Waals surface area (Å²) in [5, 5.41) is 12.8. The maximum absolute atomic E-state index is 2.45. The van der Waals surface area contributed by atoms with Crippen molar-refractivity contribution in [3.05, 3.63) is 175 Å². The Bertz CT molecular complexity index is 2720. The summed E-state index contributed by atoms with van der Waals surface area (Å²) in [5.74, 6) is 0. The van der Waals surface area contributed by atoms with Crippen molar-refractivity contribution in [2.45, 2.75) is 6.92 Å². The molecule has 48 heavy (non-hydrogen) atoms. The van der Waals surface area contributed by atoms with Gasteiger partial charge in [-0.2, -0.15) is 0 Å². The molecule has 1 heterocycles. The number of hydrogen-bond donors (Lipinski definition) is 0. The lowest BCUT2D eigenvalue weighted by Gasteiger charge is -2.18. The lowest BCUT2D eigenvalue weighted by molar-refractivity contribution is 1.18. The predicted octanol–water partition coefficient (Wildman–Crippen LogP) is 13.0. The lowest BCUT2D eigenvalue weighted by Crippen LogP contribution is -1.95. The van der Waals surface area contributed by atoms with E-state index < -0.39 is 0 Å². The van der Waals surface area contributed by atoms with Crippen LogP contribution >= 0.6 is 0 Å². The van der Waals surface area contributed by atoms with Crippen LogP contribution in [0, 0.1) is 6.92 Å². The third-order valence-corrected chi connectivity index (χ3v) is 10.2. The highest BCUT2D eigenvalue weighted by Crippen LogP contribution is 2.45. The fourth-order valence-electron chi connectivity index (χ4n) is 8.07. The van der Waals surface area contributed by atoms with Gasteiger partial charge in [-0.05, 0) is 96.5 Å². The standard InChI is InChI=1S/C47H31N/c1-30-18-20-33(21-19-30)44-38-14-6-8-16-40(38)45(41-17-9-7-15-39(41)44)34-22-26-35(27-23-34)48-42-28-24-31-10-2-4-12-36(31)46(42)47-37-13-5-3-11-32(37)25-29-43(47)48/h2-29H,1H3. The second-order valence-corrected chi connectivity index (χ2v) is 13.0. The van der Waals surface area contributed by atoms with E-state index in [0.717, 1.165) is 5.69 Å². The van der Waals surface area contributed by atoms with Crippen molar-refractivity contribution in [1.82, 2.24) is 4.57 Å². The Balaban J connectivity index is 1.23. The maximum Gasteiger partial charge on any atom is 0.0547 e. The van der Waals surface area contributed by atoms with Gasteiger partial charge < -0.3 is 4.57 Å². The summed E-state index contributed by atoms with van der Waals surface area (Å²) in [7, 11) is 0. The van der Waals surface area contributed by atoms with Crippen LogP contribution in [0.1, 0.15) is 5.56 Å². The van der Waals surface area contributed by atoms with E-state index in [4.69, 9.17) is 0 Å². The molecule has 0 unspecified atom stereocenters.